The van der Waals surface area contributed by atoms with Crippen molar-refractivity contribution in [2.45, 2.75) is 76.6 Å². The molecule has 3 atom stereocenters. The highest BCUT2D eigenvalue weighted by atomic mass is 16.7. The van der Waals surface area contributed by atoms with Gasteiger partial charge in [0.05, 0.1) is 35.1 Å². The molecule has 0 aliphatic carbocycles. The van der Waals surface area contributed by atoms with Gasteiger partial charge in [-0.3, -0.25) is 24.6 Å². The number of hydrogen-bond donors (Lipinski definition) is 4. The molecule has 5 N–H and O–H groups in total. The Hall–Kier alpha value is -6.12. The number of nitro benzene ring substituents is 1. The first kappa shape index (κ1) is 44.0. The van der Waals surface area contributed by atoms with Crippen LogP contribution in [0.2, 0.25) is 0 Å². The predicted octanol–water partition coefficient (Wildman–Crippen LogP) is 8.30. The molecule has 13 heteroatoms. The quantitative estimate of drug-likeness (QED) is 0.0291. The van der Waals surface area contributed by atoms with E-state index >= 15 is 0 Å². The molecule has 5 aromatic carbocycles. The number of ether oxygens (including phenoxy) is 2. The van der Waals surface area contributed by atoms with Gasteiger partial charge in [0, 0.05) is 81.9 Å². The van der Waals surface area contributed by atoms with E-state index in [1.54, 1.807) is 24.3 Å². The van der Waals surface area contributed by atoms with Gasteiger partial charge in [-0.2, -0.15) is 0 Å². The van der Waals surface area contributed by atoms with Crippen LogP contribution in [0.5, 0.6) is 0 Å². The normalized spacial score (nSPS) is 18.0. The number of nitrogens with two attached hydrogens (primary N) is 1. The van der Waals surface area contributed by atoms with Crippen molar-refractivity contribution in [1.29, 1.82) is 0 Å². The Bertz CT molecular complexity index is 2260. The number of benzene rings is 5. The number of piperazine rings is 1. The number of amides is 2. The second kappa shape index (κ2) is 21.6. The van der Waals surface area contributed by atoms with Crippen molar-refractivity contribution in [2.75, 3.05) is 48.7 Å². The van der Waals surface area contributed by atoms with Crippen molar-refractivity contribution < 1.29 is 29.1 Å². The summed E-state index contributed by atoms with van der Waals surface area (Å²) in [6, 6.07) is 38.3. The van der Waals surface area contributed by atoms with Crippen LogP contribution >= 0.6 is 0 Å². The standard InChI is InChI=1S/C49H56N6O7/c50-44-13-5-6-14-45(44)52-48(58)16-4-2-1-3-15-47(57)51-32-36-9-7-10-38(29-36)39-11-8-12-40(30-39)49-61-43(31-46(62-49)37-19-17-35(34-56)18-20-37)33-53-25-27-54(28-26-53)41-21-23-42(24-22-41)55(59)60/h5-14,17-24,29-30,43,46,49,56H,1-4,15-16,25-28,31-34,50H2,(H,51,57)(H,52,58)/t43-,46+,49+/m0/s1. The summed E-state index contributed by atoms with van der Waals surface area (Å²) in [4.78, 5) is 40.4. The first-order valence-corrected chi connectivity index (χ1v) is 21.5. The van der Waals surface area contributed by atoms with Crippen LogP contribution in [0.15, 0.2) is 121 Å². The molecule has 2 heterocycles. The Balaban J connectivity index is 0.918. The highest BCUT2D eigenvalue weighted by molar-refractivity contribution is 5.93. The average Bonchev–Trinajstić information content (AvgIpc) is 3.30. The molecule has 13 nitrogen and oxygen atoms in total. The van der Waals surface area contributed by atoms with Crippen molar-refractivity contribution in [3.05, 3.63) is 154 Å². The lowest BCUT2D eigenvalue weighted by Crippen LogP contribution is -2.49. The predicted molar refractivity (Wildman–Crippen MR) is 241 cm³/mol. The van der Waals surface area contributed by atoms with E-state index < -0.39 is 6.29 Å². The van der Waals surface area contributed by atoms with E-state index in [0.717, 1.165) is 97.5 Å². The van der Waals surface area contributed by atoms with Crippen LogP contribution in [0.3, 0.4) is 0 Å². The van der Waals surface area contributed by atoms with Crippen molar-refractivity contribution >= 4 is 34.6 Å². The van der Waals surface area contributed by atoms with Crippen LogP contribution in [0, 0.1) is 10.1 Å². The van der Waals surface area contributed by atoms with Gasteiger partial charge in [-0.05, 0) is 77.1 Å². The number of para-hydroxylation sites is 2. The number of nitrogen functional groups attached to an aromatic ring is 1. The van der Waals surface area contributed by atoms with Crippen LogP contribution in [0.1, 0.15) is 79.6 Å². The Morgan fingerprint density at radius 1 is 0.742 bits per heavy atom. The maximum absolute atomic E-state index is 12.7. The number of nitrogens with one attached hydrogen (secondary N) is 2. The van der Waals surface area contributed by atoms with Gasteiger partial charge in [-0.15, -0.1) is 0 Å². The molecular weight excluding hydrogens is 785 g/mol. The molecule has 324 valence electrons. The first-order valence-electron chi connectivity index (χ1n) is 21.5. The fourth-order valence-corrected chi connectivity index (χ4v) is 8.06. The highest BCUT2D eigenvalue weighted by Gasteiger charge is 2.34. The average molecular weight is 841 g/mol. The summed E-state index contributed by atoms with van der Waals surface area (Å²) in [6.07, 6.45) is 3.84. The molecule has 0 radical (unpaired) electrons. The fraction of sp³-hybridized carbons (Fsp3) is 0.347. The molecule has 2 aliphatic rings. The zero-order valence-electron chi connectivity index (χ0n) is 35.0. The first-order chi connectivity index (χ1) is 30.2. The van der Waals surface area contributed by atoms with Crippen LogP contribution in [0.4, 0.5) is 22.7 Å². The Labute approximate surface area is 363 Å². The smallest absolute Gasteiger partial charge is 0.269 e. The molecule has 2 aliphatic heterocycles. The molecular formula is C49H56N6O7. The zero-order chi connectivity index (χ0) is 43.3. The zero-order valence-corrected chi connectivity index (χ0v) is 35.0. The third-order valence-electron chi connectivity index (χ3n) is 11.6. The second-order valence-electron chi connectivity index (χ2n) is 16.1. The van der Waals surface area contributed by atoms with Gasteiger partial charge in [0.25, 0.3) is 5.69 Å². The number of anilines is 3. The van der Waals surface area contributed by atoms with Crippen LogP contribution < -0.4 is 21.3 Å². The van der Waals surface area contributed by atoms with E-state index in [4.69, 9.17) is 15.2 Å². The maximum atomic E-state index is 12.7. The van der Waals surface area contributed by atoms with Crippen LogP contribution in [-0.2, 0) is 32.2 Å². The molecule has 2 amide bonds. The summed E-state index contributed by atoms with van der Waals surface area (Å²) in [5.41, 5.74) is 14.0. The minimum absolute atomic E-state index is 0.00257. The Morgan fingerprint density at radius 3 is 2.15 bits per heavy atom. The highest BCUT2D eigenvalue weighted by Crippen LogP contribution is 2.39. The van der Waals surface area contributed by atoms with E-state index in [0.29, 0.717) is 37.2 Å². The molecule has 7 rings (SSSR count). The van der Waals surface area contributed by atoms with Gasteiger partial charge in [-0.1, -0.05) is 85.6 Å². The van der Waals surface area contributed by atoms with Crippen molar-refractivity contribution in [3.63, 3.8) is 0 Å². The topological polar surface area (TPSA) is 173 Å². The molecule has 0 saturated carbocycles. The van der Waals surface area contributed by atoms with E-state index in [1.807, 2.05) is 72.8 Å². The molecule has 0 bridgehead atoms. The minimum Gasteiger partial charge on any atom is -0.397 e. The Morgan fingerprint density at radius 2 is 1.44 bits per heavy atom. The molecule has 5 aromatic rings. The minimum atomic E-state index is -0.606. The fourth-order valence-electron chi connectivity index (χ4n) is 8.06. The van der Waals surface area contributed by atoms with Gasteiger partial charge in [-0.25, -0.2) is 0 Å². The maximum Gasteiger partial charge on any atom is 0.269 e. The van der Waals surface area contributed by atoms with E-state index in [-0.39, 0.29) is 41.2 Å². The lowest BCUT2D eigenvalue weighted by atomic mass is 9.98. The number of aliphatic hydroxyl groups is 1. The van der Waals surface area contributed by atoms with Crippen LogP contribution in [0.25, 0.3) is 11.1 Å². The number of nitrogens with zero attached hydrogens (tertiary/aromatic N) is 3. The van der Waals surface area contributed by atoms with Crippen molar-refractivity contribution in [1.82, 2.24) is 10.2 Å². The monoisotopic (exact) mass is 840 g/mol. The number of rotatable bonds is 18. The Kier molecular flexibility index (Phi) is 15.3. The summed E-state index contributed by atoms with van der Waals surface area (Å²) in [7, 11) is 0. The molecule has 62 heavy (non-hydrogen) atoms. The summed E-state index contributed by atoms with van der Waals surface area (Å²) in [6.45, 7) is 4.40. The summed E-state index contributed by atoms with van der Waals surface area (Å²) in [5.74, 6) is -0.0566. The molecule has 2 fully saturated rings. The van der Waals surface area contributed by atoms with Crippen LogP contribution in [-0.4, -0.2) is 65.6 Å². The molecule has 0 unspecified atom stereocenters. The van der Waals surface area contributed by atoms with E-state index in [2.05, 4.69) is 44.7 Å². The van der Waals surface area contributed by atoms with Gasteiger partial charge >= 0.3 is 0 Å². The van der Waals surface area contributed by atoms with E-state index in [1.165, 1.54) is 0 Å². The third-order valence-corrected chi connectivity index (χ3v) is 11.6. The number of nitro groups is 1. The third kappa shape index (κ3) is 12.3. The number of hydrogen-bond acceptors (Lipinski definition) is 10. The summed E-state index contributed by atoms with van der Waals surface area (Å²) < 4.78 is 13.4. The molecule has 0 aromatic heterocycles. The van der Waals surface area contributed by atoms with Gasteiger partial charge in [0.15, 0.2) is 6.29 Å². The van der Waals surface area contributed by atoms with Gasteiger partial charge in [0.2, 0.25) is 11.8 Å². The van der Waals surface area contributed by atoms with E-state index in [9.17, 15) is 24.8 Å². The van der Waals surface area contributed by atoms with Gasteiger partial charge in [0.1, 0.15) is 0 Å². The molecule has 2 saturated heterocycles. The number of carbonyl (C=O) groups excluding carboxylic acids is 2. The molecule has 0 spiro atoms. The lowest BCUT2D eigenvalue weighted by molar-refractivity contribution is -0.384. The lowest BCUT2D eigenvalue weighted by Gasteiger charge is -2.41. The van der Waals surface area contributed by atoms with Gasteiger partial charge < -0.3 is 35.8 Å². The number of non-ortho nitro benzene ring substituents is 1. The summed E-state index contributed by atoms with van der Waals surface area (Å²) in [5, 5.41) is 26.7. The number of unbranched alkanes of at least 4 members (excludes halogenated alkanes) is 3. The SMILES string of the molecule is Nc1ccccc1NC(=O)CCCCCCC(=O)NCc1cccc(-c2cccc([C@@H]3O[C@H](CN4CCN(c5ccc([N+](=O)[O-])cc5)CC4)C[C@H](c4ccc(CO)cc4)O3)c2)c1. The van der Waals surface area contributed by atoms with Crippen molar-refractivity contribution in [3.8, 4) is 11.1 Å². The number of aliphatic hydroxyl groups excluding tert-OH is 1. The largest absolute Gasteiger partial charge is 0.397 e. The number of carbonyl (C=O) groups is 2. The summed E-state index contributed by atoms with van der Waals surface area (Å²) >= 11 is 0. The second-order valence-corrected chi connectivity index (χ2v) is 16.1. The van der Waals surface area contributed by atoms with Crippen molar-refractivity contribution in [2.24, 2.45) is 0 Å².